The molecule has 0 spiro atoms. The molecule has 10 heteroatoms. The molecule has 2 N–H and O–H groups in total. The van der Waals surface area contributed by atoms with Crippen molar-refractivity contribution in [3.05, 3.63) is 69.4 Å². The number of allylic oxidation sites excluding steroid dienone is 1. The lowest BCUT2D eigenvalue weighted by Gasteiger charge is -2.36. The molecule has 2 saturated heterocycles. The Kier molecular flexibility index (Phi) is 7.46. The van der Waals surface area contributed by atoms with Gasteiger partial charge < -0.3 is 15.5 Å². The molecule has 1 aromatic heterocycles. The fourth-order valence-corrected chi connectivity index (χ4v) is 5.53. The topological polar surface area (TPSA) is 141 Å². The number of nitrogen functional groups attached to an aromatic ring is 1. The zero-order valence-corrected chi connectivity index (χ0v) is 21.7. The zero-order valence-electron chi connectivity index (χ0n) is 21.7. The number of benzene rings is 2. The largest absolute Gasteiger partial charge is 0.382 e. The molecule has 2 fully saturated rings. The first-order chi connectivity index (χ1) is 19.0. The maximum Gasteiger partial charge on any atom is 0.294 e. The number of nitrogens with two attached hydrogens (primary N) is 1. The standard InChI is InChI=1S/C29H30N8O2/c30-19-22(26-24(20-31)29(32)36(33-26)23-10-4-1-5-11-23)18-21-12-13-25(37(38)39)28(35-16-8-3-9-17-35)27(21)34-14-6-2-7-15-34/h1,4-5,10-13,18H,2-3,6-9,14-17,32H2/b22-18+. The molecule has 3 aromatic rings. The number of aromatic nitrogens is 2. The van der Waals surface area contributed by atoms with Crippen LogP contribution < -0.4 is 15.5 Å². The van der Waals surface area contributed by atoms with Gasteiger partial charge in [-0.15, -0.1) is 0 Å². The van der Waals surface area contributed by atoms with Crippen LogP contribution >= 0.6 is 0 Å². The number of nitro groups is 1. The second-order valence-electron chi connectivity index (χ2n) is 9.86. The number of nitriles is 2. The van der Waals surface area contributed by atoms with Crippen LogP contribution in [0.3, 0.4) is 0 Å². The maximum atomic E-state index is 12.2. The van der Waals surface area contributed by atoms with E-state index in [4.69, 9.17) is 5.73 Å². The van der Waals surface area contributed by atoms with Gasteiger partial charge in [-0.1, -0.05) is 18.2 Å². The van der Waals surface area contributed by atoms with Crippen LogP contribution in [0.5, 0.6) is 0 Å². The van der Waals surface area contributed by atoms with Gasteiger partial charge in [0.15, 0.2) is 0 Å². The molecule has 2 aliphatic rings. The van der Waals surface area contributed by atoms with E-state index in [-0.39, 0.29) is 33.3 Å². The quantitative estimate of drug-likeness (QED) is 0.262. The Balaban J connectivity index is 1.71. The molecular formula is C29H30N8O2. The molecule has 0 unspecified atom stereocenters. The summed E-state index contributed by atoms with van der Waals surface area (Å²) in [6, 6.07) is 16.7. The average molecular weight is 523 g/mol. The summed E-state index contributed by atoms with van der Waals surface area (Å²) in [5, 5.41) is 36.9. The van der Waals surface area contributed by atoms with E-state index in [1.165, 1.54) is 10.7 Å². The highest BCUT2D eigenvalue weighted by Crippen LogP contribution is 2.44. The van der Waals surface area contributed by atoms with Crippen LogP contribution in [-0.2, 0) is 0 Å². The van der Waals surface area contributed by atoms with Gasteiger partial charge in [0, 0.05) is 37.8 Å². The van der Waals surface area contributed by atoms with Gasteiger partial charge in [-0.3, -0.25) is 10.1 Å². The summed E-state index contributed by atoms with van der Waals surface area (Å²) in [5.41, 5.74) is 9.60. The Morgan fingerprint density at radius 2 is 1.54 bits per heavy atom. The van der Waals surface area contributed by atoms with Crippen LogP contribution in [0.15, 0.2) is 42.5 Å². The third kappa shape index (κ3) is 5.01. The first-order valence-corrected chi connectivity index (χ1v) is 13.3. The van der Waals surface area contributed by atoms with Crippen molar-refractivity contribution >= 4 is 34.5 Å². The van der Waals surface area contributed by atoms with Gasteiger partial charge in [-0.05, 0) is 62.8 Å². The van der Waals surface area contributed by atoms with E-state index in [2.05, 4.69) is 27.0 Å². The minimum absolute atomic E-state index is 0.0726. The fraction of sp³-hybridized carbons (Fsp3) is 0.345. The summed E-state index contributed by atoms with van der Waals surface area (Å²) in [5.74, 6) is 0.147. The number of piperidine rings is 2. The number of hydrogen-bond donors (Lipinski definition) is 1. The molecule has 3 heterocycles. The lowest BCUT2D eigenvalue weighted by Crippen LogP contribution is -2.35. The molecular weight excluding hydrogens is 492 g/mol. The summed E-state index contributed by atoms with van der Waals surface area (Å²) >= 11 is 0. The molecule has 39 heavy (non-hydrogen) atoms. The third-order valence-electron chi connectivity index (χ3n) is 7.41. The van der Waals surface area contributed by atoms with E-state index in [0.717, 1.165) is 70.4 Å². The molecule has 2 aromatic carbocycles. The van der Waals surface area contributed by atoms with Crippen LogP contribution in [-0.4, -0.2) is 40.9 Å². The van der Waals surface area contributed by atoms with Crippen molar-refractivity contribution in [2.75, 3.05) is 41.7 Å². The predicted octanol–water partition coefficient (Wildman–Crippen LogP) is 5.28. The Bertz CT molecular complexity index is 1480. The molecule has 5 rings (SSSR count). The van der Waals surface area contributed by atoms with Crippen LogP contribution in [0.1, 0.15) is 55.3 Å². The van der Waals surface area contributed by atoms with Crippen molar-refractivity contribution in [1.29, 1.82) is 10.5 Å². The summed E-state index contributed by atoms with van der Waals surface area (Å²) in [6.45, 7) is 3.06. The molecule has 10 nitrogen and oxygen atoms in total. The maximum absolute atomic E-state index is 12.2. The lowest BCUT2D eigenvalue weighted by atomic mass is 9.99. The third-order valence-corrected chi connectivity index (χ3v) is 7.41. The number of para-hydroxylation sites is 1. The second-order valence-corrected chi connectivity index (χ2v) is 9.86. The minimum atomic E-state index is -0.313. The summed E-state index contributed by atoms with van der Waals surface area (Å²) in [6.07, 6.45) is 7.84. The van der Waals surface area contributed by atoms with E-state index in [0.29, 0.717) is 16.9 Å². The van der Waals surface area contributed by atoms with Gasteiger partial charge in [0.1, 0.15) is 34.9 Å². The van der Waals surface area contributed by atoms with E-state index in [1.807, 2.05) is 30.3 Å². The van der Waals surface area contributed by atoms with E-state index in [1.54, 1.807) is 12.1 Å². The van der Waals surface area contributed by atoms with E-state index >= 15 is 0 Å². The lowest BCUT2D eigenvalue weighted by molar-refractivity contribution is -0.384. The molecule has 2 aliphatic heterocycles. The highest BCUT2D eigenvalue weighted by Gasteiger charge is 2.30. The number of nitro benzene ring substituents is 1. The second kappa shape index (κ2) is 11.3. The summed E-state index contributed by atoms with van der Waals surface area (Å²) < 4.78 is 1.46. The molecule has 198 valence electrons. The van der Waals surface area contributed by atoms with Crippen molar-refractivity contribution in [2.24, 2.45) is 0 Å². The molecule has 0 amide bonds. The normalized spacial score (nSPS) is 16.0. The summed E-state index contributed by atoms with van der Waals surface area (Å²) in [7, 11) is 0. The highest BCUT2D eigenvalue weighted by atomic mass is 16.6. The van der Waals surface area contributed by atoms with Gasteiger partial charge in [0.2, 0.25) is 0 Å². The Hall–Kier alpha value is -4.83. The molecule has 0 saturated carbocycles. The first-order valence-electron chi connectivity index (χ1n) is 13.3. The van der Waals surface area contributed by atoms with Crippen LogP contribution in [0.25, 0.3) is 17.3 Å². The van der Waals surface area contributed by atoms with Gasteiger partial charge >= 0.3 is 0 Å². The van der Waals surface area contributed by atoms with Gasteiger partial charge in [-0.25, -0.2) is 4.68 Å². The van der Waals surface area contributed by atoms with Crippen molar-refractivity contribution in [1.82, 2.24) is 9.78 Å². The number of nitrogens with zero attached hydrogens (tertiary/aromatic N) is 7. The van der Waals surface area contributed by atoms with Gasteiger partial charge in [0.05, 0.1) is 21.9 Å². The Labute approximate surface area is 227 Å². The van der Waals surface area contributed by atoms with Crippen LogP contribution in [0, 0.1) is 32.8 Å². The number of anilines is 3. The minimum Gasteiger partial charge on any atom is -0.382 e. The number of rotatable bonds is 6. The fourth-order valence-electron chi connectivity index (χ4n) is 5.53. The van der Waals surface area contributed by atoms with Gasteiger partial charge in [0.25, 0.3) is 5.69 Å². The van der Waals surface area contributed by atoms with Crippen molar-refractivity contribution in [3.63, 3.8) is 0 Å². The van der Waals surface area contributed by atoms with Crippen molar-refractivity contribution in [3.8, 4) is 17.8 Å². The molecule has 0 radical (unpaired) electrons. The van der Waals surface area contributed by atoms with Crippen molar-refractivity contribution < 1.29 is 4.92 Å². The predicted molar refractivity (Wildman–Crippen MR) is 151 cm³/mol. The van der Waals surface area contributed by atoms with E-state index < -0.39 is 0 Å². The average Bonchev–Trinajstić information content (AvgIpc) is 3.32. The van der Waals surface area contributed by atoms with Crippen LogP contribution in [0.2, 0.25) is 0 Å². The monoisotopic (exact) mass is 522 g/mol. The Morgan fingerprint density at radius 1 is 0.923 bits per heavy atom. The van der Waals surface area contributed by atoms with E-state index in [9.17, 15) is 20.6 Å². The Morgan fingerprint density at radius 3 is 2.10 bits per heavy atom. The summed E-state index contributed by atoms with van der Waals surface area (Å²) in [4.78, 5) is 16.2. The van der Waals surface area contributed by atoms with Crippen LogP contribution in [0.4, 0.5) is 22.9 Å². The number of hydrogen-bond acceptors (Lipinski definition) is 8. The van der Waals surface area contributed by atoms with Gasteiger partial charge in [-0.2, -0.15) is 15.6 Å². The SMILES string of the molecule is N#C/C(=C\c1ccc([N+](=O)[O-])c(N2CCCCC2)c1N1CCCCC1)c1nn(-c2ccccc2)c(N)c1C#N. The first kappa shape index (κ1) is 25.8. The molecule has 0 bridgehead atoms. The van der Waals surface area contributed by atoms with Crippen molar-refractivity contribution in [2.45, 2.75) is 38.5 Å². The smallest absolute Gasteiger partial charge is 0.294 e. The highest BCUT2D eigenvalue weighted by molar-refractivity contribution is 5.97. The molecule has 0 atom stereocenters. The zero-order chi connectivity index (χ0) is 27.4. The molecule has 0 aliphatic carbocycles.